The number of thiol groups is 1. The Kier molecular flexibility index (Phi) is 8.69. The predicted octanol–water partition coefficient (Wildman–Crippen LogP) is 4.12. The maximum atomic E-state index is 13.6. The van der Waals surface area contributed by atoms with Crippen LogP contribution in [0.2, 0.25) is 0 Å². The number of aromatic nitrogens is 1. The van der Waals surface area contributed by atoms with E-state index in [-0.39, 0.29) is 21.4 Å². The molecule has 2 N–H and O–H groups in total. The maximum Gasteiger partial charge on any atom is 0.416 e. The third-order valence-electron chi connectivity index (χ3n) is 5.98. The number of hydrogen-bond acceptors (Lipinski definition) is 8. The minimum absolute atomic E-state index is 0.0605. The monoisotopic (exact) mass is 668 g/mol. The van der Waals surface area contributed by atoms with E-state index in [9.17, 15) is 52.8 Å². The first-order valence-electron chi connectivity index (χ1n) is 11.9. The first-order valence-corrected chi connectivity index (χ1v) is 14.5. The normalized spacial score (nSPS) is 15.3. The lowest BCUT2D eigenvalue weighted by Gasteiger charge is -2.36. The zero-order valence-corrected chi connectivity index (χ0v) is 23.2. The van der Waals surface area contributed by atoms with Crippen LogP contribution in [-0.2, 0) is 38.1 Å². The molecule has 1 atom stereocenters. The van der Waals surface area contributed by atoms with Gasteiger partial charge >= 0.3 is 18.4 Å². The van der Waals surface area contributed by atoms with Gasteiger partial charge in [-0.3, -0.25) is 14.4 Å². The van der Waals surface area contributed by atoms with Gasteiger partial charge in [-0.25, -0.2) is 26.6 Å². The molecular formula is C24H18F6N4O8S2. The molecule has 1 unspecified atom stereocenters. The summed E-state index contributed by atoms with van der Waals surface area (Å²) in [7, 11) is -8.80. The van der Waals surface area contributed by atoms with Crippen LogP contribution in [0.15, 0.2) is 65.7 Å². The van der Waals surface area contributed by atoms with Crippen LogP contribution in [0.1, 0.15) is 17.5 Å². The van der Waals surface area contributed by atoms with Crippen molar-refractivity contribution in [3.63, 3.8) is 0 Å². The van der Waals surface area contributed by atoms with E-state index in [1.807, 2.05) is 5.32 Å². The highest BCUT2D eigenvalue weighted by Crippen LogP contribution is 2.40. The van der Waals surface area contributed by atoms with Gasteiger partial charge in [-0.2, -0.15) is 30.6 Å². The van der Waals surface area contributed by atoms with Gasteiger partial charge in [-0.1, -0.05) is 6.07 Å². The first kappa shape index (κ1) is 32.3. The van der Waals surface area contributed by atoms with Crippen LogP contribution in [0, 0.1) is 0 Å². The highest BCUT2D eigenvalue weighted by molar-refractivity contribution is 7.92. The van der Waals surface area contributed by atoms with E-state index in [0.717, 1.165) is 30.3 Å². The number of pyridine rings is 1. The van der Waals surface area contributed by atoms with Crippen molar-refractivity contribution in [2.24, 2.45) is 0 Å². The molecule has 4 rings (SSSR count). The number of nitrogens with zero attached hydrogens (tertiary/aromatic N) is 3. The topological polar surface area (TPSA) is 163 Å². The van der Waals surface area contributed by atoms with E-state index in [1.54, 1.807) is 0 Å². The molecule has 44 heavy (non-hydrogen) atoms. The average Bonchev–Trinajstić information content (AvgIpc) is 2.91. The largest absolute Gasteiger partial charge is 0.486 e. The summed E-state index contributed by atoms with van der Waals surface area (Å²) in [5.74, 6) is -2.58. The first-order chi connectivity index (χ1) is 20.4. The summed E-state index contributed by atoms with van der Waals surface area (Å²) in [4.78, 5) is 26.8. The van der Waals surface area contributed by atoms with Crippen LogP contribution in [0.3, 0.4) is 0 Å². The van der Waals surface area contributed by atoms with Crippen LogP contribution in [0.4, 0.5) is 48.3 Å². The van der Waals surface area contributed by atoms with Crippen LogP contribution in [0.25, 0.3) is 0 Å². The average molecular weight is 669 g/mol. The number of amides is 2. The SMILES string of the molecule is O=C(O)Nc1ccc2c(c1)N(S(=O)(=O)c1cccc(C(F)(F)F)c1)CC(CC(=O)N(c1cc(C(F)(F)F)ccn1)[SH](=O)=O)O2. The zero-order chi connectivity index (χ0) is 32.6. The Labute approximate surface area is 245 Å². The smallest absolute Gasteiger partial charge is 0.416 e. The van der Waals surface area contributed by atoms with E-state index in [0.29, 0.717) is 34.8 Å². The summed E-state index contributed by atoms with van der Waals surface area (Å²) in [6.45, 7) is -0.812. The molecule has 236 valence electrons. The Bertz CT molecular complexity index is 1790. The number of sulfonamides is 1. The number of fused-ring (bicyclic) bond motifs is 1. The van der Waals surface area contributed by atoms with Crippen LogP contribution < -0.4 is 18.7 Å². The molecule has 3 aromatic rings. The molecule has 0 radical (unpaired) electrons. The van der Waals surface area contributed by atoms with E-state index in [4.69, 9.17) is 9.84 Å². The molecule has 1 aromatic heterocycles. The molecule has 0 fully saturated rings. The van der Waals surface area contributed by atoms with Gasteiger partial charge in [0.15, 0.2) is 0 Å². The molecule has 1 aliphatic rings. The Morgan fingerprint density at radius 2 is 1.68 bits per heavy atom. The molecule has 0 aliphatic carbocycles. The van der Waals surface area contributed by atoms with Gasteiger partial charge in [0.2, 0.25) is 16.8 Å². The number of carbonyl (C=O) groups is 2. The summed E-state index contributed by atoms with van der Waals surface area (Å²) < 4.78 is 137. The quantitative estimate of drug-likeness (QED) is 0.248. The fraction of sp³-hybridized carbons (Fsp3) is 0.208. The van der Waals surface area contributed by atoms with Crippen LogP contribution >= 0.6 is 0 Å². The minimum atomic E-state index is -4.92. The number of rotatable bonds is 7. The Hall–Kier alpha value is -4.59. The summed E-state index contributed by atoms with van der Waals surface area (Å²) in [5.41, 5.74) is -3.12. The van der Waals surface area contributed by atoms with Crippen molar-refractivity contribution in [3.05, 3.63) is 71.9 Å². The molecule has 0 bridgehead atoms. The zero-order valence-electron chi connectivity index (χ0n) is 21.5. The number of nitrogens with one attached hydrogen (secondary N) is 1. The fourth-order valence-electron chi connectivity index (χ4n) is 4.10. The highest BCUT2D eigenvalue weighted by Gasteiger charge is 2.39. The van der Waals surface area contributed by atoms with Crippen molar-refractivity contribution < 1.29 is 62.6 Å². The molecule has 20 heteroatoms. The molecule has 1 aliphatic heterocycles. The van der Waals surface area contributed by atoms with Crippen LogP contribution in [-0.4, -0.2) is 51.6 Å². The van der Waals surface area contributed by atoms with Gasteiger partial charge in [-0.05, 0) is 48.5 Å². The predicted molar refractivity (Wildman–Crippen MR) is 140 cm³/mol. The van der Waals surface area contributed by atoms with Crippen molar-refractivity contribution in [2.75, 3.05) is 20.5 Å². The van der Waals surface area contributed by atoms with E-state index in [1.165, 1.54) is 0 Å². The summed E-state index contributed by atoms with van der Waals surface area (Å²) in [5, 5.41) is 11.0. The lowest BCUT2D eigenvalue weighted by atomic mass is 10.1. The molecule has 0 spiro atoms. The van der Waals surface area contributed by atoms with E-state index >= 15 is 0 Å². The Balaban J connectivity index is 1.73. The third-order valence-corrected chi connectivity index (χ3v) is 8.51. The summed E-state index contributed by atoms with van der Waals surface area (Å²) in [6, 6.07) is 6.76. The van der Waals surface area contributed by atoms with Crippen molar-refractivity contribution in [2.45, 2.75) is 29.8 Å². The second kappa shape index (κ2) is 11.8. The van der Waals surface area contributed by atoms with Gasteiger partial charge in [0.05, 0.1) is 34.7 Å². The number of ether oxygens (including phenoxy) is 1. The van der Waals surface area contributed by atoms with Crippen molar-refractivity contribution >= 4 is 50.1 Å². The second-order valence-electron chi connectivity index (χ2n) is 8.96. The molecule has 2 heterocycles. The van der Waals surface area contributed by atoms with Gasteiger partial charge in [0.1, 0.15) is 17.7 Å². The van der Waals surface area contributed by atoms with Gasteiger partial charge < -0.3 is 9.84 Å². The number of alkyl halides is 6. The fourth-order valence-corrected chi connectivity index (χ4v) is 6.19. The Morgan fingerprint density at radius 1 is 1.02 bits per heavy atom. The lowest BCUT2D eigenvalue weighted by Crippen LogP contribution is -2.46. The van der Waals surface area contributed by atoms with Gasteiger partial charge in [0, 0.05) is 11.9 Å². The summed E-state index contributed by atoms with van der Waals surface area (Å²) >= 11 is 0. The standard InChI is InChI=1S/C24H18F6N4O8S2/c25-23(26,27)13-2-1-3-17(8-13)44(40,41)33-12-16(42-19-5-4-15(10-18(19)33)32-22(36)37)11-21(35)34(43(38)39)20-9-14(6-7-31-20)24(28,29)30/h1-10,16,32,43H,11-12H2,(H,36,37). The highest BCUT2D eigenvalue weighted by atomic mass is 32.2. The van der Waals surface area contributed by atoms with E-state index < -0.39 is 86.2 Å². The van der Waals surface area contributed by atoms with E-state index in [2.05, 4.69) is 4.98 Å². The molecule has 2 amide bonds. The second-order valence-corrected chi connectivity index (χ2v) is 11.7. The Morgan fingerprint density at radius 3 is 2.30 bits per heavy atom. The molecule has 0 saturated carbocycles. The number of carboxylic acid groups (broad SMARTS) is 1. The van der Waals surface area contributed by atoms with Crippen molar-refractivity contribution in [1.82, 2.24) is 4.98 Å². The molecule has 0 saturated heterocycles. The number of hydrogen-bond donors (Lipinski definition) is 3. The minimum Gasteiger partial charge on any atom is -0.486 e. The van der Waals surface area contributed by atoms with Crippen LogP contribution in [0.5, 0.6) is 5.75 Å². The maximum absolute atomic E-state index is 13.6. The van der Waals surface area contributed by atoms with Crippen molar-refractivity contribution in [1.29, 1.82) is 0 Å². The molecular weight excluding hydrogens is 650 g/mol. The lowest BCUT2D eigenvalue weighted by molar-refractivity contribution is -0.138. The summed E-state index contributed by atoms with van der Waals surface area (Å²) in [6.07, 6.45) is -13.2. The number of carbonyl (C=O) groups excluding carboxylic acids is 1. The molecule has 2 aromatic carbocycles. The van der Waals surface area contributed by atoms with Crippen molar-refractivity contribution in [3.8, 4) is 5.75 Å². The molecule has 12 nitrogen and oxygen atoms in total. The third kappa shape index (κ3) is 6.96. The number of benzene rings is 2. The van der Waals surface area contributed by atoms with Gasteiger partial charge in [-0.15, -0.1) is 0 Å². The number of anilines is 3. The number of halogens is 6. The van der Waals surface area contributed by atoms with Gasteiger partial charge in [0.25, 0.3) is 10.0 Å².